The van der Waals surface area contributed by atoms with Gasteiger partial charge in [0.25, 0.3) is 0 Å². The normalized spacial score (nSPS) is 19.9. The Kier molecular flexibility index (Phi) is 9.05. The Morgan fingerprint density at radius 3 is 2.26 bits per heavy atom. The molecule has 0 amide bonds. The first-order chi connectivity index (χ1) is 22.5. The molecule has 2 aliphatic heterocycles. The molecule has 0 aliphatic carbocycles. The van der Waals surface area contributed by atoms with Crippen LogP contribution in [0.5, 0.6) is 5.75 Å². The van der Waals surface area contributed by atoms with Crippen LogP contribution in [-0.2, 0) is 21.8 Å². The van der Waals surface area contributed by atoms with Crippen LogP contribution in [0.15, 0.2) is 90.9 Å². The Bertz CT molecular complexity index is 1750. The quantitative estimate of drug-likeness (QED) is 0.175. The molecule has 0 saturated carbocycles. The monoisotopic (exact) mass is 678 g/mol. The van der Waals surface area contributed by atoms with Crippen LogP contribution in [0.3, 0.4) is 0 Å². The Morgan fingerprint density at radius 2 is 1.61 bits per heavy atom. The summed E-state index contributed by atoms with van der Waals surface area (Å²) in [4.78, 5) is 8.87. The van der Waals surface area contributed by atoms with Crippen molar-refractivity contribution in [3.8, 4) is 11.4 Å². The second-order valence-corrected chi connectivity index (χ2v) is 12.6. The molecule has 0 radical (unpaired) electrons. The lowest BCUT2D eigenvalue weighted by atomic mass is 10.1. The number of nitrogens with zero attached hydrogens (tertiary/aromatic N) is 8. The van der Waals surface area contributed by atoms with E-state index in [4.69, 9.17) is 37.4 Å². The number of ether oxygens (including phenoxy) is 3. The summed E-state index contributed by atoms with van der Waals surface area (Å²) in [5.74, 6) is -0.380. The average molecular weight is 680 g/mol. The molecular formula is C32H32Cl2N8O3S. The summed E-state index contributed by atoms with van der Waals surface area (Å²) in [5, 5.41) is 14.3. The molecule has 11 nitrogen and oxygen atoms in total. The molecule has 0 N–H and O–H groups in total. The van der Waals surface area contributed by atoms with Crippen LogP contribution in [0.2, 0.25) is 10.0 Å². The lowest BCUT2D eigenvalue weighted by Crippen LogP contribution is -2.46. The van der Waals surface area contributed by atoms with Crippen LogP contribution >= 0.6 is 35.0 Å². The Morgan fingerprint density at radius 1 is 0.913 bits per heavy atom. The van der Waals surface area contributed by atoms with E-state index in [0.717, 1.165) is 42.8 Å². The molecule has 2 fully saturated rings. The predicted molar refractivity (Wildman–Crippen MR) is 178 cm³/mol. The standard InChI is InChI=1S/C32H32Cl2N8O3S/c1-46-31-38-36-22-42(31)26-5-3-24(4-6-26)39-12-14-40(15-13-39)25-7-9-27(10-8-25)43-17-28-18-44-32(45-28,19-41-21-35-20-37-41)29-11-2-23(33)16-30(29)34/h2-11,16,20-22,28H,12-15,17-19H2,1H3. The van der Waals surface area contributed by atoms with E-state index in [1.807, 2.05) is 29.0 Å². The topological polar surface area (TPSA) is 95.6 Å². The third-order valence-electron chi connectivity index (χ3n) is 8.15. The molecule has 2 atom stereocenters. The van der Waals surface area contributed by atoms with Crippen LogP contribution in [-0.4, -0.2) is 81.3 Å². The molecule has 7 rings (SSSR count). The Hall–Kier alpha value is -3.81. The van der Waals surface area contributed by atoms with Crippen molar-refractivity contribution in [3.63, 3.8) is 0 Å². The van der Waals surface area contributed by atoms with E-state index in [1.165, 1.54) is 17.7 Å². The maximum Gasteiger partial charge on any atom is 0.217 e. The van der Waals surface area contributed by atoms with Gasteiger partial charge in [-0.2, -0.15) is 5.10 Å². The number of halogens is 2. The van der Waals surface area contributed by atoms with Crippen molar-refractivity contribution in [2.24, 2.45) is 0 Å². The number of benzene rings is 3. The first-order valence-corrected chi connectivity index (χ1v) is 16.8. The fourth-order valence-electron chi connectivity index (χ4n) is 5.81. The first kappa shape index (κ1) is 30.8. The van der Waals surface area contributed by atoms with Crippen molar-refractivity contribution in [1.29, 1.82) is 0 Å². The van der Waals surface area contributed by atoms with Gasteiger partial charge < -0.3 is 24.0 Å². The highest BCUT2D eigenvalue weighted by Gasteiger charge is 2.45. The highest BCUT2D eigenvalue weighted by atomic mass is 35.5. The third-order valence-corrected chi connectivity index (χ3v) is 9.34. The van der Waals surface area contributed by atoms with Gasteiger partial charge in [0.1, 0.15) is 44.0 Å². The van der Waals surface area contributed by atoms with E-state index in [9.17, 15) is 0 Å². The third kappa shape index (κ3) is 6.53. The molecule has 238 valence electrons. The molecule has 2 aromatic heterocycles. The average Bonchev–Trinajstić information content (AvgIpc) is 3.87. The molecule has 2 aliphatic rings. The zero-order valence-electron chi connectivity index (χ0n) is 25.1. The van der Waals surface area contributed by atoms with Crippen LogP contribution in [0.1, 0.15) is 5.56 Å². The summed E-state index contributed by atoms with van der Waals surface area (Å²) in [5.41, 5.74) is 4.12. The molecule has 14 heteroatoms. The largest absolute Gasteiger partial charge is 0.491 e. The number of thioether (sulfide) groups is 1. The van der Waals surface area contributed by atoms with Gasteiger partial charge in [0.2, 0.25) is 5.79 Å². The molecule has 0 bridgehead atoms. The molecule has 2 unspecified atom stereocenters. The van der Waals surface area contributed by atoms with Crippen molar-refractivity contribution in [1.82, 2.24) is 29.5 Å². The summed E-state index contributed by atoms with van der Waals surface area (Å²) < 4.78 is 22.5. The summed E-state index contributed by atoms with van der Waals surface area (Å²) >= 11 is 14.3. The van der Waals surface area contributed by atoms with Gasteiger partial charge in [-0.3, -0.25) is 4.57 Å². The van der Waals surface area contributed by atoms with Gasteiger partial charge in [-0.05, 0) is 66.9 Å². The van der Waals surface area contributed by atoms with Crippen LogP contribution in [0.25, 0.3) is 5.69 Å². The minimum atomic E-state index is -1.15. The van der Waals surface area contributed by atoms with Crippen molar-refractivity contribution >= 4 is 46.3 Å². The Labute approximate surface area is 281 Å². The van der Waals surface area contributed by atoms with Gasteiger partial charge in [0.15, 0.2) is 5.16 Å². The summed E-state index contributed by atoms with van der Waals surface area (Å²) in [6.07, 6.45) is 6.52. The number of piperazine rings is 1. The van der Waals surface area contributed by atoms with E-state index in [0.29, 0.717) is 28.8 Å². The zero-order chi connectivity index (χ0) is 31.5. The summed E-state index contributed by atoms with van der Waals surface area (Å²) in [7, 11) is 0. The van der Waals surface area contributed by atoms with Gasteiger partial charge in [0, 0.05) is 53.8 Å². The first-order valence-electron chi connectivity index (χ1n) is 14.9. The predicted octanol–water partition coefficient (Wildman–Crippen LogP) is 5.56. The molecule has 2 saturated heterocycles. The Balaban J connectivity index is 0.931. The van der Waals surface area contributed by atoms with Crippen molar-refractivity contribution < 1.29 is 14.2 Å². The highest BCUT2D eigenvalue weighted by Crippen LogP contribution is 2.40. The lowest BCUT2D eigenvalue weighted by Gasteiger charge is -2.37. The minimum Gasteiger partial charge on any atom is -0.491 e. The molecule has 5 aromatic rings. The van der Waals surface area contributed by atoms with Crippen molar-refractivity contribution in [3.05, 3.63) is 101 Å². The minimum absolute atomic E-state index is 0.278. The van der Waals surface area contributed by atoms with E-state index >= 15 is 0 Å². The van der Waals surface area contributed by atoms with Crippen LogP contribution in [0.4, 0.5) is 11.4 Å². The van der Waals surface area contributed by atoms with Crippen LogP contribution in [0, 0.1) is 0 Å². The van der Waals surface area contributed by atoms with E-state index in [2.05, 4.69) is 66.5 Å². The van der Waals surface area contributed by atoms with Crippen molar-refractivity contribution in [2.45, 2.75) is 23.6 Å². The van der Waals surface area contributed by atoms with Gasteiger partial charge >= 0.3 is 0 Å². The molecule has 46 heavy (non-hydrogen) atoms. The smallest absolute Gasteiger partial charge is 0.217 e. The second-order valence-electron chi connectivity index (χ2n) is 11.0. The number of hydrogen-bond acceptors (Lipinski definition) is 10. The number of rotatable bonds is 10. The van der Waals surface area contributed by atoms with Crippen molar-refractivity contribution in [2.75, 3.05) is 55.4 Å². The second kappa shape index (κ2) is 13.5. The van der Waals surface area contributed by atoms with Gasteiger partial charge in [-0.15, -0.1) is 10.2 Å². The van der Waals surface area contributed by atoms with E-state index in [-0.39, 0.29) is 12.6 Å². The number of hydrogen-bond donors (Lipinski definition) is 0. The molecule has 4 heterocycles. The fourth-order valence-corrected chi connectivity index (χ4v) is 6.84. The van der Waals surface area contributed by atoms with Gasteiger partial charge in [-0.1, -0.05) is 41.0 Å². The highest BCUT2D eigenvalue weighted by molar-refractivity contribution is 7.98. The molecule has 0 spiro atoms. The van der Waals surface area contributed by atoms with Gasteiger partial charge in [-0.25, -0.2) is 9.67 Å². The lowest BCUT2D eigenvalue weighted by molar-refractivity contribution is -0.190. The maximum atomic E-state index is 6.58. The SMILES string of the molecule is CSc1nncn1-c1ccc(N2CCN(c3ccc(OCC4COC(Cn5cncn5)(c5ccc(Cl)cc5Cl)O4)cc3)CC2)cc1. The maximum absolute atomic E-state index is 6.58. The van der Waals surface area contributed by atoms with Crippen LogP contribution < -0.4 is 14.5 Å². The van der Waals surface area contributed by atoms with Gasteiger partial charge in [0.05, 0.1) is 11.6 Å². The number of anilines is 2. The summed E-state index contributed by atoms with van der Waals surface area (Å²) in [6, 6.07) is 22.1. The van der Waals surface area contributed by atoms with E-state index in [1.54, 1.807) is 41.2 Å². The fraction of sp³-hybridized carbons (Fsp3) is 0.312. The molecule has 3 aromatic carbocycles. The molecular weight excluding hydrogens is 647 g/mol. The number of aromatic nitrogens is 6. The zero-order valence-corrected chi connectivity index (χ0v) is 27.4. The van der Waals surface area contributed by atoms with E-state index < -0.39 is 5.79 Å². The summed E-state index contributed by atoms with van der Waals surface area (Å²) in [6.45, 7) is 4.66.